The summed E-state index contributed by atoms with van der Waals surface area (Å²) >= 11 is 0. The predicted octanol–water partition coefficient (Wildman–Crippen LogP) is 2.51. The summed E-state index contributed by atoms with van der Waals surface area (Å²) in [7, 11) is -3.87. The second-order valence-corrected chi connectivity index (χ2v) is 6.83. The Hall–Kier alpha value is -2.55. The number of halogens is 3. The van der Waals surface area contributed by atoms with E-state index in [-0.39, 0.29) is 11.4 Å². The van der Waals surface area contributed by atoms with Gasteiger partial charge in [-0.3, -0.25) is 9.10 Å². The van der Waals surface area contributed by atoms with Crippen LogP contribution in [0, 0.1) is 17.5 Å². The minimum Gasteiger partial charge on any atom is -0.324 e. The molecule has 0 unspecified atom stereocenters. The molecule has 0 atom stereocenters. The van der Waals surface area contributed by atoms with Crippen molar-refractivity contribution >= 4 is 27.3 Å². The Bertz CT molecular complexity index is 872. The average Bonchev–Trinajstić information content (AvgIpc) is 2.47. The molecule has 0 bridgehead atoms. The van der Waals surface area contributed by atoms with Crippen LogP contribution in [0.2, 0.25) is 0 Å². The normalized spacial score (nSPS) is 11.2. The molecule has 1 N–H and O–H groups in total. The molecular formula is C15H13F3N2O3S. The van der Waals surface area contributed by atoms with Crippen molar-refractivity contribution < 1.29 is 26.4 Å². The quantitative estimate of drug-likeness (QED) is 0.893. The molecular weight excluding hydrogens is 345 g/mol. The topological polar surface area (TPSA) is 66.5 Å². The number of hydrogen-bond acceptors (Lipinski definition) is 3. The number of carbonyl (C=O) groups excluding carboxylic acids is 1. The lowest BCUT2D eigenvalue weighted by atomic mass is 10.3. The monoisotopic (exact) mass is 358 g/mol. The first-order chi connectivity index (χ1) is 11.2. The minimum atomic E-state index is -3.87. The van der Waals surface area contributed by atoms with Gasteiger partial charge in [0.1, 0.15) is 12.4 Å². The molecule has 2 aromatic rings. The van der Waals surface area contributed by atoms with E-state index in [2.05, 4.69) is 5.32 Å². The van der Waals surface area contributed by atoms with E-state index in [1.807, 2.05) is 0 Å². The van der Waals surface area contributed by atoms with E-state index in [0.29, 0.717) is 4.31 Å². The SMILES string of the molecule is CS(=O)(=O)N(CC(=O)Nc1ccc(F)c(F)c1)c1cccc(F)c1. The van der Waals surface area contributed by atoms with Crippen LogP contribution in [0.25, 0.3) is 0 Å². The van der Waals surface area contributed by atoms with Gasteiger partial charge in [-0.2, -0.15) is 0 Å². The Kier molecular flexibility index (Phi) is 5.13. The molecule has 0 saturated heterocycles. The van der Waals surface area contributed by atoms with Crippen LogP contribution in [-0.2, 0) is 14.8 Å². The molecule has 0 saturated carbocycles. The van der Waals surface area contributed by atoms with Crippen molar-refractivity contribution in [2.24, 2.45) is 0 Å². The molecule has 0 heterocycles. The first kappa shape index (κ1) is 17.8. The van der Waals surface area contributed by atoms with Gasteiger partial charge >= 0.3 is 0 Å². The van der Waals surface area contributed by atoms with Crippen molar-refractivity contribution in [2.45, 2.75) is 0 Å². The molecule has 0 spiro atoms. The Balaban J connectivity index is 2.20. The maximum Gasteiger partial charge on any atom is 0.245 e. The first-order valence-electron chi connectivity index (χ1n) is 6.65. The molecule has 0 aromatic heterocycles. The van der Waals surface area contributed by atoms with Crippen molar-refractivity contribution in [3.63, 3.8) is 0 Å². The summed E-state index contributed by atoms with van der Waals surface area (Å²) in [6, 6.07) is 7.44. The number of nitrogens with zero attached hydrogens (tertiary/aromatic N) is 1. The van der Waals surface area contributed by atoms with E-state index in [4.69, 9.17) is 0 Å². The van der Waals surface area contributed by atoms with Crippen LogP contribution in [0.5, 0.6) is 0 Å². The number of amides is 1. The van der Waals surface area contributed by atoms with Crippen LogP contribution < -0.4 is 9.62 Å². The van der Waals surface area contributed by atoms with E-state index in [9.17, 15) is 26.4 Å². The highest BCUT2D eigenvalue weighted by Crippen LogP contribution is 2.19. The lowest BCUT2D eigenvalue weighted by Gasteiger charge is -2.21. The smallest absolute Gasteiger partial charge is 0.245 e. The van der Waals surface area contributed by atoms with Crippen molar-refractivity contribution in [2.75, 3.05) is 22.4 Å². The third-order valence-corrected chi connectivity index (χ3v) is 4.13. The van der Waals surface area contributed by atoms with Gasteiger partial charge in [0.15, 0.2) is 11.6 Å². The van der Waals surface area contributed by atoms with Crippen molar-refractivity contribution in [3.05, 3.63) is 59.9 Å². The van der Waals surface area contributed by atoms with Gasteiger partial charge in [-0.1, -0.05) is 6.07 Å². The van der Waals surface area contributed by atoms with Gasteiger partial charge in [0.05, 0.1) is 11.9 Å². The van der Waals surface area contributed by atoms with Crippen LogP contribution in [0.15, 0.2) is 42.5 Å². The fourth-order valence-corrected chi connectivity index (χ4v) is 2.78. The van der Waals surface area contributed by atoms with Crippen LogP contribution in [0.3, 0.4) is 0 Å². The van der Waals surface area contributed by atoms with Crippen LogP contribution >= 0.6 is 0 Å². The van der Waals surface area contributed by atoms with Crippen LogP contribution in [0.1, 0.15) is 0 Å². The summed E-state index contributed by atoms with van der Waals surface area (Å²) in [5.74, 6) is -3.69. The summed E-state index contributed by atoms with van der Waals surface area (Å²) in [6.45, 7) is -0.652. The van der Waals surface area contributed by atoms with Gasteiger partial charge < -0.3 is 5.32 Å². The molecule has 5 nitrogen and oxygen atoms in total. The number of anilines is 2. The second-order valence-electron chi connectivity index (χ2n) is 4.93. The Morgan fingerprint density at radius 1 is 1.08 bits per heavy atom. The molecule has 2 aromatic carbocycles. The van der Waals surface area contributed by atoms with E-state index < -0.39 is 39.9 Å². The van der Waals surface area contributed by atoms with E-state index in [1.54, 1.807) is 0 Å². The maximum atomic E-state index is 13.3. The fourth-order valence-electron chi connectivity index (χ4n) is 1.94. The molecule has 128 valence electrons. The molecule has 9 heteroatoms. The standard InChI is InChI=1S/C15H13F3N2O3S/c1-24(22,23)20(12-4-2-3-10(16)7-12)9-15(21)19-11-5-6-13(17)14(18)8-11/h2-8H,9H2,1H3,(H,19,21). The Morgan fingerprint density at radius 2 is 1.79 bits per heavy atom. The van der Waals surface area contributed by atoms with Crippen LogP contribution in [-0.4, -0.2) is 27.1 Å². The number of sulfonamides is 1. The zero-order chi connectivity index (χ0) is 17.9. The zero-order valence-electron chi connectivity index (χ0n) is 12.5. The number of rotatable bonds is 5. The number of carbonyl (C=O) groups is 1. The van der Waals surface area contributed by atoms with Gasteiger partial charge in [-0.25, -0.2) is 21.6 Å². The third kappa shape index (κ3) is 4.48. The lowest BCUT2D eigenvalue weighted by molar-refractivity contribution is -0.114. The summed E-state index contributed by atoms with van der Waals surface area (Å²) < 4.78 is 63.6. The van der Waals surface area contributed by atoms with Gasteiger partial charge in [-0.15, -0.1) is 0 Å². The summed E-state index contributed by atoms with van der Waals surface area (Å²) in [6.07, 6.45) is 0.864. The molecule has 0 fully saturated rings. The number of benzene rings is 2. The summed E-state index contributed by atoms with van der Waals surface area (Å²) in [5.41, 5.74) is -0.0653. The van der Waals surface area contributed by atoms with Gasteiger partial charge in [0.2, 0.25) is 15.9 Å². The lowest BCUT2D eigenvalue weighted by Crippen LogP contribution is -2.37. The second kappa shape index (κ2) is 6.91. The van der Waals surface area contributed by atoms with Gasteiger partial charge in [0.25, 0.3) is 0 Å². The van der Waals surface area contributed by atoms with Crippen molar-refractivity contribution in [1.82, 2.24) is 0 Å². The molecule has 24 heavy (non-hydrogen) atoms. The van der Waals surface area contributed by atoms with Gasteiger partial charge in [0, 0.05) is 11.8 Å². The largest absolute Gasteiger partial charge is 0.324 e. The molecule has 1 amide bonds. The Morgan fingerprint density at radius 3 is 2.38 bits per heavy atom. The van der Waals surface area contributed by atoms with Crippen molar-refractivity contribution in [1.29, 1.82) is 0 Å². The fraction of sp³-hybridized carbons (Fsp3) is 0.133. The summed E-state index contributed by atoms with van der Waals surface area (Å²) in [4.78, 5) is 12.0. The Labute approximate surface area is 136 Å². The van der Waals surface area contributed by atoms with E-state index >= 15 is 0 Å². The highest BCUT2D eigenvalue weighted by Gasteiger charge is 2.21. The van der Waals surface area contributed by atoms with E-state index in [0.717, 1.165) is 36.6 Å². The van der Waals surface area contributed by atoms with Crippen molar-refractivity contribution in [3.8, 4) is 0 Å². The first-order valence-corrected chi connectivity index (χ1v) is 8.50. The molecule has 0 aliphatic rings. The molecule has 0 aliphatic heterocycles. The highest BCUT2D eigenvalue weighted by molar-refractivity contribution is 7.92. The maximum absolute atomic E-state index is 13.3. The molecule has 0 radical (unpaired) electrons. The van der Waals surface area contributed by atoms with E-state index in [1.165, 1.54) is 12.1 Å². The van der Waals surface area contributed by atoms with Crippen LogP contribution in [0.4, 0.5) is 24.5 Å². The summed E-state index contributed by atoms with van der Waals surface area (Å²) in [5, 5.41) is 2.25. The number of hydrogen-bond donors (Lipinski definition) is 1. The highest BCUT2D eigenvalue weighted by atomic mass is 32.2. The zero-order valence-corrected chi connectivity index (χ0v) is 13.3. The van der Waals surface area contributed by atoms with Gasteiger partial charge in [-0.05, 0) is 30.3 Å². The average molecular weight is 358 g/mol. The number of nitrogens with one attached hydrogen (secondary N) is 1. The molecule has 0 aliphatic carbocycles. The third-order valence-electron chi connectivity index (χ3n) is 2.99. The molecule has 2 rings (SSSR count). The predicted molar refractivity (Wildman–Crippen MR) is 83.6 cm³/mol. The minimum absolute atomic E-state index is 0.0297.